The Morgan fingerprint density at radius 3 is 1.17 bits per heavy atom. The van der Waals surface area contributed by atoms with Crippen LogP contribution in [0.4, 0.5) is 26.3 Å². The lowest BCUT2D eigenvalue weighted by Gasteiger charge is -2.05. The van der Waals surface area contributed by atoms with Crippen LogP contribution in [-0.4, -0.2) is 0 Å². The lowest BCUT2D eigenvalue weighted by atomic mass is 10.2. The summed E-state index contributed by atoms with van der Waals surface area (Å²) in [5, 5.41) is 0. The fourth-order valence-corrected chi connectivity index (χ4v) is 2.03. The molecule has 0 spiro atoms. The van der Waals surface area contributed by atoms with E-state index in [-0.39, 0.29) is 0 Å². The molecule has 0 fully saturated rings. The highest BCUT2D eigenvalue weighted by Crippen LogP contribution is 2.28. The van der Waals surface area contributed by atoms with E-state index < -0.39 is 23.5 Å². The highest BCUT2D eigenvalue weighted by molar-refractivity contribution is 5.11. The van der Waals surface area contributed by atoms with Crippen molar-refractivity contribution in [2.75, 3.05) is 0 Å². The second kappa shape index (κ2) is 6.55. The van der Waals surface area contributed by atoms with Crippen molar-refractivity contribution in [3.63, 3.8) is 0 Å². The van der Waals surface area contributed by atoms with Crippen LogP contribution in [-0.2, 0) is 25.4 Å². The number of rotatable bonds is 4. The number of aromatic nitrogens is 2. The van der Waals surface area contributed by atoms with Gasteiger partial charge in [0.05, 0.1) is 17.5 Å². The normalized spacial score (nSPS) is 12.4. The Kier molecular flexibility index (Phi) is 4.91. The number of aryl methyl sites for hydroxylation is 2. The number of hydrogen-bond acceptors (Lipinski definition) is 0. The maximum atomic E-state index is 12.4. The Labute approximate surface area is 128 Å². The van der Waals surface area contributed by atoms with Crippen LogP contribution in [0.15, 0.2) is 49.1 Å². The molecular weight excluding hydrogens is 322 g/mol. The lowest BCUT2D eigenvalue weighted by molar-refractivity contribution is -0.727. The molecule has 23 heavy (non-hydrogen) atoms. The van der Waals surface area contributed by atoms with Crippen molar-refractivity contribution in [2.24, 2.45) is 0 Å². The molecule has 0 bridgehead atoms. The molecule has 0 amide bonds. The van der Waals surface area contributed by atoms with E-state index in [2.05, 4.69) is 0 Å². The van der Waals surface area contributed by atoms with Crippen LogP contribution in [0.5, 0.6) is 0 Å². The summed E-state index contributed by atoms with van der Waals surface area (Å²) >= 11 is 0. The maximum Gasteiger partial charge on any atom is 0.416 e. The zero-order chi connectivity index (χ0) is 17.1. The molecule has 0 saturated heterocycles. The van der Waals surface area contributed by atoms with Crippen LogP contribution in [0.3, 0.4) is 0 Å². The summed E-state index contributed by atoms with van der Waals surface area (Å²) in [6, 6.07) is 3.97. The fourth-order valence-electron chi connectivity index (χ4n) is 2.03. The SMILES string of the molecule is FC(F)(F)c1cc[n+](CCC[n+]2ccc(C(F)(F)F)cc2)cc1. The monoisotopic (exact) mass is 336 g/mol. The number of hydrogen-bond donors (Lipinski definition) is 0. The third-order valence-electron chi connectivity index (χ3n) is 3.27. The molecule has 0 unspecified atom stereocenters. The predicted molar refractivity (Wildman–Crippen MR) is 67.9 cm³/mol. The molecule has 0 radical (unpaired) electrons. The molecule has 0 aliphatic heterocycles. The zero-order valence-corrected chi connectivity index (χ0v) is 11.9. The molecule has 124 valence electrons. The molecule has 2 heterocycles. The Balaban J connectivity index is 1.87. The van der Waals surface area contributed by atoms with E-state index in [0.29, 0.717) is 19.5 Å². The van der Waals surface area contributed by atoms with E-state index in [1.807, 2.05) is 0 Å². The van der Waals surface area contributed by atoms with Crippen LogP contribution in [0.2, 0.25) is 0 Å². The summed E-state index contributed by atoms with van der Waals surface area (Å²) in [6.45, 7) is 0.929. The van der Waals surface area contributed by atoms with Gasteiger partial charge in [-0.3, -0.25) is 0 Å². The van der Waals surface area contributed by atoms with Crippen molar-refractivity contribution in [3.05, 3.63) is 60.2 Å². The molecule has 0 aliphatic rings. The summed E-state index contributed by atoms with van der Waals surface area (Å²) in [5.74, 6) is 0. The average Bonchev–Trinajstić information content (AvgIpc) is 2.46. The second-order valence-corrected chi connectivity index (χ2v) is 5.00. The van der Waals surface area contributed by atoms with Gasteiger partial charge in [0.25, 0.3) is 0 Å². The molecule has 0 aromatic carbocycles. The topological polar surface area (TPSA) is 7.76 Å². The largest absolute Gasteiger partial charge is 0.416 e. The summed E-state index contributed by atoms with van der Waals surface area (Å²) < 4.78 is 77.7. The first-order valence-electron chi connectivity index (χ1n) is 6.79. The van der Waals surface area contributed by atoms with Gasteiger partial charge in [0.15, 0.2) is 37.9 Å². The van der Waals surface area contributed by atoms with E-state index in [0.717, 1.165) is 24.3 Å². The average molecular weight is 336 g/mol. The van der Waals surface area contributed by atoms with E-state index in [1.54, 1.807) is 9.13 Å². The Morgan fingerprint density at radius 2 is 0.913 bits per heavy atom. The molecule has 2 rings (SSSR count). The van der Waals surface area contributed by atoms with Crippen LogP contribution >= 0.6 is 0 Å². The van der Waals surface area contributed by atoms with Gasteiger partial charge in [-0.2, -0.15) is 26.3 Å². The summed E-state index contributed by atoms with van der Waals surface area (Å²) in [4.78, 5) is 0. The Bertz CT molecular complexity index is 572. The molecule has 2 aromatic heterocycles. The van der Waals surface area contributed by atoms with Crippen LogP contribution in [0.1, 0.15) is 17.5 Å². The highest BCUT2D eigenvalue weighted by Gasteiger charge is 2.32. The highest BCUT2D eigenvalue weighted by atomic mass is 19.4. The summed E-state index contributed by atoms with van der Waals surface area (Å²) in [6.07, 6.45) is -2.82. The van der Waals surface area contributed by atoms with Gasteiger partial charge in [0.1, 0.15) is 0 Å². The molecule has 2 aromatic rings. The van der Waals surface area contributed by atoms with Gasteiger partial charge in [-0.25, -0.2) is 9.13 Å². The zero-order valence-electron chi connectivity index (χ0n) is 11.9. The van der Waals surface area contributed by atoms with Gasteiger partial charge in [-0.15, -0.1) is 0 Å². The van der Waals surface area contributed by atoms with Crippen LogP contribution < -0.4 is 9.13 Å². The summed E-state index contributed by atoms with van der Waals surface area (Å²) in [5.41, 5.74) is -1.43. The van der Waals surface area contributed by atoms with Gasteiger partial charge in [-0.1, -0.05) is 0 Å². The Morgan fingerprint density at radius 1 is 0.609 bits per heavy atom. The van der Waals surface area contributed by atoms with Crippen LogP contribution in [0.25, 0.3) is 0 Å². The molecule has 0 atom stereocenters. The molecule has 8 heteroatoms. The predicted octanol–water partition coefficient (Wildman–Crippen LogP) is 3.39. The first kappa shape index (κ1) is 17.2. The number of pyridine rings is 2. The minimum absolute atomic E-state index is 0.464. The van der Waals surface area contributed by atoms with Crippen molar-refractivity contribution in [1.82, 2.24) is 0 Å². The van der Waals surface area contributed by atoms with Gasteiger partial charge in [-0.05, 0) is 0 Å². The smallest absolute Gasteiger partial charge is 0.205 e. The van der Waals surface area contributed by atoms with Gasteiger partial charge >= 0.3 is 12.4 Å². The molecule has 0 aliphatic carbocycles. The van der Waals surface area contributed by atoms with Crippen molar-refractivity contribution in [1.29, 1.82) is 0 Å². The van der Waals surface area contributed by atoms with Gasteiger partial charge < -0.3 is 0 Å². The first-order valence-corrected chi connectivity index (χ1v) is 6.79. The van der Waals surface area contributed by atoms with Crippen molar-refractivity contribution in [2.45, 2.75) is 31.9 Å². The van der Waals surface area contributed by atoms with Crippen molar-refractivity contribution < 1.29 is 35.5 Å². The Hall–Kier alpha value is -2.12. The van der Waals surface area contributed by atoms with E-state index in [4.69, 9.17) is 0 Å². The number of halogens is 6. The standard InChI is InChI=1S/C15H14F6N2/c16-14(17,18)12-2-8-22(9-3-12)6-1-7-23-10-4-13(5-11-23)15(19,20)21/h2-5,8-11H,1,6-7H2/q+2. The number of alkyl halides is 6. The molecule has 0 saturated carbocycles. The van der Waals surface area contributed by atoms with Gasteiger partial charge in [0, 0.05) is 24.3 Å². The molecular formula is C15H14F6N2+2. The third kappa shape index (κ3) is 4.94. The maximum absolute atomic E-state index is 12.4. The second-order valence-electron chi connectivity index (χ2n) is 5.00. The van der Waals surface area contributed by atoms with Gasteiger partial charge in [0.2, 0.25) is 0 Å². The first-order chi connectivity index (χ1) is 10.7. The third-order valence-corrected chi connectivity index (χ3v) is 3.27. The van der Waals surface area contributed by atoms with Crippen molar-refractivity contribution >= 4 is 0 Å². The van der Waals surface area contributed by atoms with Crippen molar-refractivity contribution in [3.8, 4) is 0 Å². The van der Waals surface area contributed by atoms with E-state index >= 15 is 0 Å². The van der Waals surface area contributed by atoms with E-state index in [9.17, 15) is 26.3 Å². The quantitative estimate of drug-likeness (QED) is 0.597. The minimum atomic E-state index is -4.37. The van der Waals surface area contributed by atoms with Crippen LogP contribution in [0, 0.1) is 0 Å². The summed E-state index contributed by atoms with van der Waals surface area (Å²) in [7, 11) is 0. The lowest BCUT2D eigenvalue weighted by Crippen LogP contribution is -2.38. The number of nitrogens with zero attached hydrogens (tertiary/aromatic N) is 2. The minimum Gasteiger partial charge on any atom is -0.205 e. The molecule has 0 N–H and O–H groups in total. The molecule has 2 nitrogen and oxygen atoms in total. The van der Waals surface area contributed by atoms with E-state index in [1.165, 1.54) is 24.8 Å². The fraction of sp³-hybridized carbons (Fsp3) is 0.333.